The van der Waals surface area contributed by atoms with Crippen LogP contribution in [-0.4, -0.2) is 46.9 Å². The summed E-state index contributed by atoms with van der Waals surface area (Å²) < 4.78 is 5.68. The lowest BCUT2D eigenvalue weighted by molar-refractivity contribution is -0.140. The zero-order valence-electron chi connectivity index (χ0n) is 20.3. The lowest BCUT2D eigenvalue weighted by atomic mass is 9.95. The molecule has 1 fully saturated rings. The molecule has 2 aromatic carbocycles. The van der Waals surface area contributed by atoms with Crippen LogP contribution in [0.15, 0.2) is 78.6 Å². The minimum atomic E-state index is -0.738. The van der Waals surface area contributed by atoms with Gasteiger partial charge in [-0.1, -0.05) is 18.2 Å². The van der Waals surface area contributed by atoms with Gasteiger partial charge in [0.1, 0.15) is 11.5 Å². The molecule has 1 amide bonds. The first-order valence-electron chi connectivity index (χ1n) is 11.5. The van der Waals surface area contributed by atoms with E-state index in [1.54, 1.807) is 42.7 Å². The quantitative estimate of drug-likeness (QED) is 0.309. The molecule has 3 aromatic rings. The van der Waals surface area contributed by atoms with Crippen LogP contribution in [0.25, 0.3) is 5.76 Å². The van der Waals surface area contributed by atoms with Crippen molar-refractivity contribution in [2.24, 2.45) is 0 Å². The van der Waals surface area contributed by atoms with Crippen molar-refractivity contribution < 1.29 is 19.4 Å². The van der Waals surface area contributed by atoms with Crippen molar-refractivity contribution in [2.75, 3.05) is 19.0 Å². The summed E-state index contributed by atoms with van der Waals surface area (Å²) in [5.41, 5.74) is 3.02. The molecule has 1 aromatic heterocycles. The first-order chi connectivity index (χ1) is 16.8. The minimum Gasteiger partial charge on any atom is -0.507 e. The van der Waals surface area contributed by atoms with Gasteiger partial charge in [0.15, 0.2) is 0 Å². The molecule has 180 valence electrons. The van der Waals surface area contributed by atoms with Gasteiger partial charge in [-0.3, -0.25) is 14.6 Å². The molecule has 1 unspecified atom stereocenters. The van der Waals surface area contributed by atoms with Crippen LogP contribution >= 0.6 is 0 Å². The van der Waals surface area contributed by atoms with E-state index in [9.17, 15) is 14.7 Å². The van der Waals surface area contributed by atoms with Gasteiger partial charge in [-0.15, -0.1) is 0 Å². The van der Waals surface area contributed by atoms with E-state index >= 15 is 0 Å². The van der Waals surface area contributed by atoms with Gasteiger partial charge in [0.25, 0.3) is 11.7 Å². The normalized spacial score (nSPS) is 17.2. The van der Waals surface area contributed by atoms with Crippen LogP contribution in [0.4, 0.5) is 5.69 Å². The third-order valence-corrected chi connectivity index (χ3v) is 5.84. The lowest BCUT2D eigenvalue weighted by Crippen LogP contribution is -2.29. The van der Waals surface area contributed by atoms with Gasteiger partial charge < -0.3 is 19.6 Å². The van der Waals surface area contributed by atoms with Crippen molar-refractivity contribution in [3.05, 3.63) is 95.3 Å². The van der Waals surface area contributed by atoms with Crippen molar-refractivity contribution in [2.45, 2.75) is 32.5 Å². The Labute approximate surface area is 205 Å². The number of carbonyl (C=O) groups excluding carboxylic acids is 2. The van der Waals surface area contributed by atoms with Crippen LogP contribution in [0, 0.1) is 0 Å². The van der Waals surface area contributed by atoms with E-state index in [-0.39, 0.29) is 24.0 Å². The third-order valence-electron chi connectivity index (χ3n) is 5.84. The maximum Gasteiger partial charge on any atom is 0.295 e. The van der Waals surface area contributed by atoms with E-state index in [2.05, 4.69) is 4.98 Å². The number of aliphatic hydroxyl groups excluding tert-OH is 1. The molecule has 1 atom stereocenters. The van der Waals surface area contributed by atoms with Gasteiger partial charge in [0.2, 0.25) is 0 Å². The average Bonchev–Trinajstić information content (AvgIpc) is 3.09. The van der Waals surface area contributed by atoms with Gasteiger partial charge in [-0.25, -0.2) is 0 Å². The van der Waals surface area contributed by atoms with E-state index in [4.69, 9.17) is 4.74 Å². The number of amides is 1. The zero-order chi connectivity index (χ0) is 25.1. The number of aliphatic hydroxyl groups is 1. The molecule has 0 bridgehead atoms. The molecule has 2 heterocycles. The number of carbonyl (C=O) groups is 2. The monoisotopic (exact) mass is 471 g/mol. The molecule has 1 aliphatic rings. The topological polar surface area (TPSA) is 83.0 Å². The Kier molecular flexibility index (Phi) is 6.87. The fourth-order valence-corrected chi connectivity index (χ4v) is 4.15. The van der Waals surface area contributed by atoms with Gasteiger partial charge >= 0.3 is 0 Å². The van der Waals surface area contributed by atoms with E-state index < -0.39 is 17.7 Å². The number of anilines is 1. The number of ether oxygens (including phenoxy) is 1. The molecule has 1 aliphatic heterocycles. The van der Waals surface area contributed by atoms with E-state index in [1.165, 1.54) is 4.90 Å². The summed E-state index contributed by atoms with van der Waals surface area (Å²) in [5, 5.41) is 11.3. The fraction of sp³-hybridized carbons (Fsp3) is 0.250. The highest BCUT2D eigenvalue weighted by Crippen LogP contribution is 2.40. The summed E-state index contributed by atoms with van der Waals surface area (Å²) in [7, 11) is 3.88. The summed E-state index contributed by atoms with van der Waals surface area (Å²) in [6, 6.07) is 17.4. The Morgan fingerprint density at radius 2 is 1.74 bits per heavy atom. The summed E-state index contributed by atoms with van der Waals surface area (Å²) in [6.07, 6.45) is 3.33. The summed E-state index contributed by atoms with van der Waals surface area (Å²) in [4.78, 5) is 34.0. The minimum absolute atomic E-state index is 0.0115. The molecular formula is C28H29N3O4. The molecule has 0 saturated carbocycles. The highest BCUT2D eigenvalue weighted by Gasteiger charge is 2.46. The van der Waals surface area contributed by atoms with Gasteiger partial charge in [0, 0.05) is 44.3 Å². The van der Waals surface area contributed by atoms with E-state index in [1.807, 2.05) is 63.2 Å². The first-order valence-corrected chi connectivity index (χ1v) is 11.5. The number of aromatic nitrogens is 1. The molecule has 1 N–H and O–H groups in total. The summed E-state index contributed by atoms with van der Waals surface area (Å²) >= 11 is 0. The predicted molar refractivity (Wildman–Crippen MR) is 135 cm³/mol. The molecule has 35 heavy (non-hydrogen) atoms. The largest absolute Gasteiger partial charge is 0.507 e. The smallest absolute Gasteiger partial charge is 0.295 e. The Bertz CT molecular complexity index is 1230. The van der Waals surface area contributed by atoms with Gasteiger partial charge in [-0.05, 0) is 67.4 Å². The van der Waals surface area contributed by atoms with Crippen LogP contribution in [0.1, 0.15) is 36.6 Å². The zero-order valence-corrected chi connectivity index (χ0v) is 20.3. The van der Waals surface area contributed by atoms with Crippen molar-refractivity contribution >= 4 is 23.1 Å². The van der Waals surface area contributed by atoms with Gasteiger partial charge in [0.05, 0.1) is 17.7 Å². The van der Waals surface area contributed by atoms with E-state index in [0.717, 1.165) is 16.8 Å². The summed E-state index contributed by atoms with van der Waals surface area (Å²) in [6.45, 7) is 4.05. The number of likely N-dealkylation sites (tertiary alicyclic amines) is 1. The Morgan fingerprint density at radius 1 is 1.06 bits per heavy atom. The highest BCUT2D eigenvalue weighted by atomic mass is 16.5. The lowest BCUT2D eigenvalue weighted by Gasteiger charge is -2.26. The maximum atomic E-state index is 13.2. The highest BCUT2D eigenvalue weighted by molar-refractivity contribution is 6.46. The second-order valence-electron chi connectivity index (χ2n) is 8.97. The Hall–Kier alpha value is -4.13. The summed E-state index contributed by atoms with van der Waals surface area (Å²) in [5.74, 6) is -0.924. The number of Topliss-reactive ketones (excluding diaryl/α,β-unsaturated/α-hetero) is 1. The molecule has 0 spiro atoms. The first kappa shape index (κ1) is 24.0. The third kappa shape index (κ3) is 5.04. The Morgan fingerprint density at radius 3 is 2.31 bits per heavy atom. The molecule has 1 saturated heterocycles. The molecule has 0 aliphatic carbocycles. The second-order valence-corrected chi connectivity index (χ2v) is 8.97. The number of ketones is 1. The number of hydrogen-bond donors (Lipinski definition) is 1. The van der Waals surface area contributed by atoms with Crippen LogP contribution < -0.4 is 9.64 Å². The SMILES string of the molecule is CC(C)Oc1ccc(/C(O)=C2/C(=O)C(=O)N(Cc3cccnc3)C2c2ccc(N(C)C)cc2)cc1. The Balaban J connectivity index is 1.80. The molecule has 7 heteroatoms. The van der Waals surface area contributed by atoms with Crippen molar-refractivity contribution in [1.82, 2.24) is 9.88 Å². The average molecular weight is 472 g/mol. The van der Waals surface area contributed by atoms with Crippen LogP contribution in [0.3, 0.4) is 0 Å². The number of nitrogens with zero attached hydrogens (tertiary/aromatic N) is 3. The number of pyridine rings is 1. The maximum absolute atomic E-state index is 13.2. The van der Waals surface area contributed by atoms with Gasteiger partial charge in [-0.2, -0.15) is 0 Å². The predicted octanol–water partition coefficient (Wildman–Crippen LogP) is 4.56. The molecule has 4 rings (SSSR count). The van der Waals surface area contributed by atoms with Crippen LogP contribution in [0.5, 0.6) is 5.75 Å². The number of hydrogen-bond acceptors (Lipinski definition) is 6. The van der Waals surface area contributed by atoms with Crippen molar-refractivity contribution in [3.8, 4) is 5.75 Å². The fourth-order valence-electron chi connectivity index (χ4n) is 4.15. The number of benzene rings is 2. The van der Waals surface area contributed by atoms with E-state index in [0.29, 0.717) is 11.3 Å². The number of rotatable bonds is 7. The van der Waals surface area contributed by atoms with Crippen molar-refractivity contribution in [1.29, 1.82) is 0 Å². The van der Waals surface area contributed by atoms with Crippen molar-refractivity contribution in [3.63, 3.8) is 0 Å². The molecule has 0 radical (unpaired) electrons. The second kappa shape index (κ2) is 10.0. The molecule has 7 nitrogen and oxygen atoms in total. The van der Waals surface area contributed by atoms with Crippen LogP contribution in [-0.2, 0) is 16.1 Å². The standard InChI is InChI=1S/C28H29N3O4/c1-18(2)35-23-13-9-21(10-14-23)26(32)24-25(20-7-11-22(12-8-20)30(3)4)31(28(34)27(24)33)17-19-6-5-15-29-16-19/h5-16,18,25,32H,17H2,1-4H3/b26-24-. The molecular weight excluding hydrogens is 442 g/mol. The van der Waals surface area contributed by atoms with Crippen LogP contribution in [0.2, 0.25) is 0 Å².